The van der Waals surface area contributed by atoms with Crippen LogP contribution in [0.1, 0.15) is 93.8 Å². The molecule has 2 saturated carbocycles. The maximum Gasteiger partial charge on any atom is 0.668 e. The van der Waals surface area contributed by atoms with E-state index in [9.17, 15) is 0 Å². The molecule has 49 heavy (non-hydrogen) atoms. The summed E-state index contributed by atoms with van der Waals surface area (Å²) in [5.41, 5.74) is 3.55. The minimum Gasteiger partial charge on any atom is -0.504 e. The van der Waals surface area contributed by atoms with Gasteiger partial charge in [-0.2, -0.15) is 9.59 Å². The van der Waals surface area contributed by atoms with Crippen LogP contribution in [-0.2, 0) is 50.3 Å². The van der Waals surface area contributed by atoms with Gasteiger partial charge in [0.2, 0.25) is 0 Å². The first kappa shape index (κ1) is 48.9. The molecule has 0 bridgehead atoms. The maximum atomic E-state index is 8.12. The zero-order valence-corrected chi connectivity index (χ0v) is 35.2. The van der Waals surface area contributed by atoms with Crippen LogP contribution < -0.4 is 0 Å². The summed E-state index contributed by atoms with van der Waals surface area (Å²) in [5, 5.41) is 0. The minimum absolute atomic E-state index is 0. The van der Waals surface area contributed by atoms with E-state index in [1.54, 1.807) is 26.9 Å². The van der Waals surface area contributed by atoms with Gasteiger partial charge in [-0.25, -0.2) is 0 Å². The Balaban J connectivity index is 0. The van der Waals surface area contributed by atoms with E-state index in [0.29, 0.717) is 43.7 Å². The van der Waals surface area contributed by atoms with Gasteiger partial charge in [0.25, 0.3) is 0 Å². The Morgan fingerprint density at radius 3 is 1.57 bits per heavy atom. The van der Waals surface area contributed by atoms with E-state index in [0.717, 1.165) is 52.1 Å². The van der Waals surface area contributed by atoms with E-state index in [4.69, 9.17) is 50.3 Å². The van der Waals surface area contributed by atoms with Crippen LogP contribution in [0.25, 0.3) is 0 Å². The Hall–Kier alpha value is -0.128. The van der Waals surface area contributed by atoms with Gasteiger partial charge in [0.15, 0.2) is 12.6 Å². The predicted octanol–water partition coefficient (Wildman–Crippen LogP) is 6.15. The molecular weight excluding hydrogens is 658 g/mol. The van der Waals surface area contributed by atoms with Crippen LogP contribution in [0.3, 0.4) is 0 Å². The number of hydrogen-bond donors (Lipinski definition) is 0. The van der Waals surface area contributed by atoms with Crippen LogP contribution in [-0.4, -0.2) is 138 Å². The smallest absolute Gasteiger partial charge is 0.504 e. The van der Waals surface area contributed by atoms with Crippen molar-refractivity contribution in [2.24, 2.45) is 22.7 Å². The van der Waals surface area contributed by atoms with E-state index in [1.165, 1.54) is 37.7 Å². The summed E-state index contributed by atoms with van der Waals surface area (Å²) in [6.45, 7) is 17.3. The van der Waals surface area contributed by atoms with Crippen LogP contribution in [0.5, 0.6) is 0 Å². The van der Waals surface area contributed by atoms with Crippen molar-refractivity contribution in [3.63, 3.8) is 0 Å². The van der Waals surface area contributed by atoms with Crippen molar-refractivity contribution in [3.8, 4) is 0 Å². The fraction of sp³-hybridized carbons (Fsp3) is 0.861. The average Bonchev–Trinajstić information content (AvgIpc) is 3.09. The number of hydrogen-bond acceptors (Lipinski definition) is 11. The van der Waals surface area contributed by atoms with Gasteiger partial charge in [-0.15, -0.1) is 0 Å². The van der Waals surface area contributed by atoms with Crippen molar-refractivity contribution < 1.29 is 51.8 Å². The molecule has 4 aliphatic rings. The quantitative estimate of drug-likeness (QED) is 0.0791. The molecule has 4 unspecified atom stereocenters. The van der Waals surface area contributed by atoms with E-state index < -0.39 is 0 Å². The minimum atomic E-state index is -0.349. The molecule has 0 aromatic carbocycles. The Morgan fingerprint density at radius 1 is 0.776 bits per heavy atom. The van der Waals surface area contributed by atoms with Gasteiger partial charge in [-0.1, -0.05) is 46.3 Å². The van der Waals surface area contributed by atoms with Crippen LogP contribution >= 0.6 is 0 Å². The second-order valence-electron chi connectivity index (χ2n) is 13.4. The molecule has 2 radical (unpaired) electrons. The SMILES string of the molecule is CCC=C1CC(COC2CCCCO2)C1(C)C.COC=C1CC(COC2CCCCO2)C1(C)C.COCC[O][Al][O]CCOC.O=C=O.[HH].[Na]. The van der Waals surface area contributed by atoms with Gasteiger partial charge in [0.05, 0.1) is 39.8 Å². The zero-order chi connectivity index (χ0) is 35.7. The van der Waals surface area contributed by atoms with E-state index in [1.807, 2.05) is 6.26 Å². The van der Waals surface area contributed by atoms with Gasteiger partial charge in [0, 0.05) is 71.6 Å². The first-order chi connectivity index (χ1) is 23.1. The largest absolute Gasteiger partial charge is 0.668 e. The number of allylic oxidation sites excluding steroid dienone is 3. The number of ether oxygens (including phenoxy) is 7. The summed E-state index contributed by atoms with van der Waals surface area (Å²) < 4.78 is 47.8. The summed E-state index contributed by atoms with van der Waals surface area (Å²) in [6.07, 6.45) is 15.0. The van der Waals surface area contributed by atoms with Gasteiger partial charge in [0.1, 0.15) is 0 Å². The summed E-state index contributed by atoms with van der Waals surface area (Å²) in [4.78, 5) is 16.2. The third kappa shape index (κ3) is 19.5. The summed E-state index contributed by atoms with van der Waals surface area (Å²) in [6, 6.07) is 0. The maximum absolute atomic E-state index is 8.12. The molecule has 2 aliphatic carbocycles. The van der Waals surface area contributed by atoms with Crippen molar-refractivity contribution >= 4 is 51.6 Å². The summed E-state index contributed by atoms with van der Waals surface area (Å²) in [7, 11) is 5.00. The van der Waals surface area contributed by atoms with Gasteiger partial charge >= 0.3 is 22.0 Å². The first-order valence-electron chi connectivity index (χ1n) is 17.5. The Bertz CT molecular complexity index is 854. The molecule has 0 aromatic heterocycles. The topological polar surface area (TPSA) is 117 Å². The number of methoxy groups -OCH3 is 3. The van der Waals surface area contributed by atoms with Gasteiger partial charge in [-0.05, 0) is 86.0 Å². The summed E-state index contributed by atoms with van der Waals surface area (Å²) >= 11 is -0.349. The van der Waals surface area contributed by atoms with Crippen molar-refractivity contribution in [2.75, 3.05) is 74.2 Å². The molecule has 4 atom stereocenters. The number of carbonyl (C=O) groups excluding carboxylic acids is 2. The third-order valence-electron chi connectivity index (χ3n) is 9.53. The molecule has 4 rings (SSSR count). The molecule has 4 fully saturated rings. The molecule has 2 aliphatic heterocycles. The first-order valence-corrected chi connectivity index (χ1v) is 18.5. The molecule has 2 heterocycles. The standard InChI is InChI=1S/C15H26O2.C14H24O3.2C3H7O2.CO2.Al.Na.H2/c1-4-7-12-10-13(15(12,2)3)11-17-14-8-5-6-9-16-14;1-14(2)11(9-15-3)8-12(14)10-17-13-6-4-5-7-16-13;2*1-5-3-2-4;2-1-3;;;/h7,13-14H,4-6,8-11H2,1-3H3;9,12-13H,4-8,10H2,1-3H3;2*2-3H2,1H3;;;;1H/q;;2*-1;;+2;;. The molecule has 11 nitrogen and oxygen atoms in total. The molecule has 2 saturated heterocycles. The predicted molar refractivity (Wildman–Crippen MR) is 191 cm³/mol. The zero-order valence-electron chi connectivity index (χ0n) is 32.1. The Kier molecular flexibility index (Phi) is 29.3. The molecule has 0 aromatic rings. The second-order valence-corrected chi connectivity index (χ2v) is 14.3. The van der Waals surface area contributed by atoms with E-state index >= 15 is 0 Å². The molecular formula is C36H66AlNaO11. The molecule has 280 valence electrons. The van der Waals surface area contributed by atoms with Crippen LogP contribution in [0.15, 0.2) is 23.5 Å². The van der Waals surface area contributed by atoms with Crippen LogP contribution in [0, 0.1) is 22.7 Å². The number of rotatable bonds is 16. The van der Waals surface area contributed by atoms with Crippen molar-refractivity contribution in [2.45, 2.75) is 105 Å². The Morgan fingerprint density at radius 2 is 1.22 bits per heavy atom. The Labute approximate surface area is 327 Å². The van der Waals surface area contributed by atoms with E-state index in [2.05, 4.69) is 40.7 Å². The van der Waals surface area contributed by atoms with Crippen LogP contribution in [0.4, 0.5) is 0 Å². The van der Waals surface area contributed by atoms with Gasteiger partial charge in [-0.3, -0.25) is 0 Å². The molecule has 13 heteroatoms. The summed E-state index contributed by atoms with van der Waals surface area (Å²) in [5.74, 6) is 1.26. The fourth-order valence-corrected chi connectivity index (χ4v) is 6.32. The normalized spacial score (nSPS) is 26.4. The third-order valence-corrected chi connectivity index (χ3v) is 10.3. The second kappa shape index (κ2) is 29.3. The monoisotopic (exact) mass is 724 g/mol. The molecule has 0 spiro atoms. The molecule has 0 amide bonds. The van der Waals surface area contributed by atoms with Crippen molar-refractivity contribution in [3.05, 3.63) is 23.5 Å². The average molecular weight is 725 g/mol. The van der Waals surface area contributed by atoms with Crippen LogP contribution in [0.2, 0.25) is 0 Å². The van der Waals surface area contributed by atoms with Gasteiger partial charge < -0.3 is 40.7 Å². The van der Waals surface area contributed by atoms with Crippen molar-refractivity contribution in [1.29, 1.82) is 0 Å². The fourth-order valence-electron chi connectivity index (χ4n) is 5.84. The van der Waals surface area contributed by atoms with E-state index in [-0.39, 0.29) is 71.0 Å². The molecule has 0 N–H and O–H groups in total. The van der Waals surface area contributed by atoms with Crippen molar-refractivity contribution in [1.82, 2.24) is 0 Å².